The number of aromatic nitrogens is 3. The maximum atomic E-state index is 12.1. The van der Waals surface area contributed by atoms with Crippen molar-refractivity contribution in [1.82, 2.24) is 23.8 Å². The number of piperidine rings is 1. The highest BCUT2D eigenvalue weighted by atomic mass is 32.2. The molecule has 1 aliphatic rings. The van der Waals surface area contributed by atoms with E-state index in [4.69, 9.17) is 5.73 Å². The molecule has 2 heterocycles. The predicted octanol–water partition coefficient (Wildman–Crippen LogP) is -1.18. The minimum atomic E-state index is -3.45. The van der Waals surface area contributed by atoms with Gasteiger partial charge in [0.25, 0.3) is 10.2 Å². The van der Waals surface area contributed by atoms with Crippen molar-refractivity contribution in [1.29, 1.82) is 0 Å². The molecule has 0 amide bonds. The number of nitrogens with one attached hydrogen (secondary N) is 1. The monoisotopic (exact) mass is 288 g/mol. The average Bonchev–Trinajstić information content (AvgIpc) is 2.82. The van der Waals surface area contributed by atoms with E-state index in [1.807, 2.05) is 0 Å². The smallest absolute Gasteiger partial charge is 0.279 e. The molecule has 0 saturated carbocycles. The predicted molar refractivity (Wildman–Crippen MR) is 70.1 cm³/mol. The van der Waals surface area contributed by atoms with Gasteiger partial charge in [-0.25, -0.2) is 0 Å². The molecule has 9 heteroatoms. The summed E-state index contributed by atoms with van der Waals surface area (Å²) in [6.07, 6.45) is 3.18. The Morgan fingerprint density at radius 2 is 2.16 bits per heavy atom. The van der Waals surface area contributed by atoms with Crippen LogP contribution in [0, 0.1) is 5.92 Å². The standard InChI is InChI=1S/C10H20N6O2S/c1-15-8-12-14-10(15)7-13-19(17,18)16-4-2-9(6-11)3-5-16/h8-9,13H,2-7,11H2,1H3. The van der Waals surface area contributed by atoms with Crippen molar-refractivity contribution in [3.05, 3.63) is 12.2 Å². The summed E-state index contributed by atoms with van der Waals surface area (Å²) < 4.78 is 29.9. The first-order chi connectivity index (χ1) is 9.03. The molecule has 0 spiro atoms. The van der Waals surface area contributed by atoms with Crippen LogP contribution in [0.5, 0.6) is 0 Å². The fourth-order valence-electron chi connectivity index (χ4n) is 2.10. The van der Waals surface area contributed by atoms with Crippen molar-refractivity contribution in [2.24, 2.45) is 18.7 Å². The van der Waals surface area contributed by atoms with E-state index >= 15 is 0 Å². The third-order valence-corrected chi connectivity index (χ3v) is 5.02. The van der Waals surface area contributed by atoms with Gasteiger partial charge in [-0.05, 0) is 25.3 Å². The highest BCUT2D eigenvalue weighted by Crippen LogP contribution is 2.17. The lowest BCUT2D eigenvalue weighted by atomic mass is 9.99. The number of nitrogens with two attached hydrogens (primary N) is 1. The van der Waals surface area contributed by atoms with Crippen molar-refractivity contribution in [2.45, 2.75) is 19.4 Å². The Morgan fingerprint density at radius 1 is 1.47 bits per heavy atom. The van der Waals surface area contributed by atoms with Crippen LogP contribution in [0.25, 0.3) is 0 Å². The molecule has 8 nitrogen and oxygen atoms in total. The van der Waals surface area contributed by atoms with Crippen LogP contribution in [0.15, 0.2) is 6.33 Å². The second-order valence-corrected chi connectivity index (χ2v) is 6.52. The van der Waals surface area contributed by atoms with Crippen LogP contribution in [-0.2, 0) is 23.8 Å². The number of nitrogens with zero attached hydrogens (tertiary/aromatic N) is 4. The van der Waals surface area contributed by atoms with Crippen LogP contribution >= 0.6 is 0 Å². The van der Waals surface area contributed by atoms with Crippen molar-refractivity contribution in [3.63, 3.8) is 0 Å². The van der Waals surface area contributed by atoms with E-state index in [1.54, 1.807) is 11.6 Å². The lowest BCUT2D eigenvalue weighted by molar-refractivity contribution is 0.275. The lowest BCUT2D eigenvalue weighted by Gasteiger charge is -2.30. The summed E-state index contributed by atoms with van der Waals surface area (Å²) in [5, 5.41) is 7.55. The Morgan fingerprint density at radius 3 is 2.68 bits per heavy atom. The molecule has 0 radical (unpaired) electrons. The van der Waals surface area contributed by atoms with E-state index in [9.17, 15) is 8.42 Å². The molecule has 0 aliphatic carbocycles. The van der Waals surface area contributed by atoms with E-state index in [-0.39, 0.29) is 6.54 Å². The van der Waals surface area contributed by atoms with Crippen LogP contribution in [0.4, 0.5) is 0 Å². The Hall–Kier alpha value is -1.03. The Labute approximate surface area is 113 Å². The quantitative estimate of drug-likeness (QED) is 0.709. The summed E-state index contributed by atoms with van der Waals surface area (Å²) in [6, 6.07) is 0. The topological polar surface area (TPSA) is 106 Å². The number of hydrogen-bond acceptors (Lipinski definition) is 5. The first kappa shape index (κ1) is 14.4. The van der Waals surface area contributed by atoms with E-state index in [0.29, 0.717) is 31.4 Å². The molecule has 2 rings (SSSR count). The van der Waals surface area contributed by atoms with Crippen LogP contribution in [0.2, 0.25) is 0 Å². The van der Waals surface area contributed by atoms with Gasteiger partial charge in [-0.3, -0.25) is 0 Å². The SMILES string of the molecule is Cn1cnnc1CNS(=O)(=O)N1CCC(CN)CC1. The zero-order chi connectivity index (χ0) is 13.9. The van der Waals surface area contributed by atoms with E-state index in [2.05, 4.69) is 14.9 Å². The van der Waals surface area contributed by atoms with Gasteiger partial charge in [0.15, 0.2) is 0 Å². The van der Waals surface area contributed by atoms with Crippen molar-refractivity contribution < 1.29 is 8.42 Å². The number of hydrogen-bond donors (Lipinski definition) is 2. The maximum absolute atomic E-state index is 12.1. The summed E-state index contributed by atoms with van der Waals surface area (Å²) in [5.41, 5.74) is 5.60. The normalized spacial score (nSPS) is 18.8. The Balaban J connectivity index is 1.90. The van der Waals surface area contributed by atoms with Crippen molar-refractivity contribution >= 4 is 10.2 Å². The highest BCUT2D eigenvalue weighted by Gasteiger charge is 2.27. The van der Waals surface area contributed by atoms with Gasteiger partial charge in [0, 0.05) is 20.1 Å². The summed E-state index contributed by atoms with van der Waals surface area (Å²) in [4.78, 5) is 0. The molecule has 0 aromatic carbocycles. The molecule has 1 aromatic rings. The Bertz CT molecular complexity index is 506. The van der Waals surface area contributed by atoms with Crippen LogP contribution in [0.1, 0.15) is 18.7 Å². The van der Waals surface area contributed by atoms with Gasteiger partial charge in [-0.1, -0.05) is 0 Å². The molecule has 1 fully saturated rings. The lowest BCUT2D eigenvalue weighted by Crippen LogP contribution is -2.45. The maximum Gasteiger partial charge on any atom is 0.279 e. The van der Waals surface area contributed by atoms with Crippen LogP contribution < -0.4 is 10.5 Å². The van der Waals surface area contributed by atoms with Crippen molar-refractivity contribution in [2.75, 3.05) is 19.6 Å². The fraction of sp³-hybridized carbons (Fsp3) is 0.800. The molecule has 3 N–H and O–H groups in total. The van der Waals surface area contributed by atoms with Gasteiger partial charge >= 0.3 is 0 Å². The summed E-state index contributed by atoms with van der Waals surface area (Å²) in [6.45, 7) is 1.82. The highest BCUT2D eigenvalue weighted by molar-refractivity contribution is 7.87. The van der Waals surface area contributed by atoms with Gasteiger partial charge in [0.1, 0.15) is 12.2 Å². The molecule has 0 atom stereocenters. The molecule has 1 aliphatic heterocycles. The van der Waals surface area contributed by atoms with Gasteiger partial charge in [0.05, 0.1) is 6.54 Å². The van der Waals surface area contributed by atoms with Gasteiger partial charge < -0.3 is 10.3 Å². The summed E-state index contributed by atoms with van der Waals surface area (Å²) >= 11 is 0. The first-order valence-electron chi connectivity index (χ1n) is 6.30. The zero-order valence-electron chi connectivity index (χ0n) is 11.0. The average molecular weight is 288 g/mol. The second kappa shape index (κ2) is 5.95. The van der Waals surface area contributed by atoms with Gasteiger partial charge in [0.2, 0.25) is 0 Å². The van der Waals surface area contributed by atoms with E-state index in [1.165, 1.54) is 10.6 Å². The molecule has 1 aromatic heterocycles. The zero-order valence-corrected chi connectivity index (χ0v) is 11.8. The van der Waals surface area contributed by atoms with E-state index < -0.39 is 10.2 Å². The van der Waals surface area contributed by atoms with Crippen molar-refractivity contribution in [3.8, 4) is 0 Å². The van der Waals surface area contributed by atoms with Gasteiger partial charge in [-0.2, -0.15) is 17.4 Å². The molecule has 19 heavy (non-hydrogen) atoms. The van der Waals surface area contributed by atoms with Crippen LogP contribution in [0.3, 0.4) is 0 Å². The van der Waals surface area contributed by atoms with Gasteiger partial charge in [-0.15, -0.1) is 10.2 Å². The fourth-order valence-corrected chi connectivity index (χ4v) is 3.29. The Kier molecular flexibility index (Phi) is 4.50. The summed E-state index contributed by atoms with van der Waals surface area (Å²) in [5.74, 6) is 1.02. The minimum Gasteiger partial charge on any atom is -0.330 e. The first-order valence-corrected chi connectivity index (χ1v) is 7.74. The third kappa shape index (κ3) is 3.50. The molecule has 1 saturated heterocycles. The summed E-state index contributed by atoms with van der Waals surface area (Å²) in [7, 11) is -1.67. The largest absolute Gasteiger partial charge is 0.330 e. The number of aryl methyl sites for hydroxylation is 1. The molecular formula is C10H20N6O2S. The second-order valence-electron chi connectivity index (χ2n) is 4.76. The molecule has 0 bridgehead atoms. The van der Waals surface area contributed by atoms with Crippen LogP contribution in [-0.4, -0.2) is 47.1 Å². The number of rotatable bonds is 5. The van der Waals surface area contributed by atoms with E-state index in [0.717, 1.165) is 12.8 Å². The molecule has 108 valence electrons. The molecule has 0 unspecified atom stereocenters. The third-order valence-electron chi connectivity index (χ3n) is 3.46. The molecular weight excluding hydrogens is 268 g/mol. The minimum absolute atomic E-state index is 0.148.